The molecule has 0 bridgehead atoms. The first kappa shape index (κ1) is 25.8. The second-order valence-corrected chi connectivity index (χ2v) is 11.1. The molecule has 1 heteroatoms. The summed E-state index contributed by atoms with van der Waals surface area (Å²) in [5.74, 6) is 2.79. The van der Waals surface area contributed by atoms with E-state index in [1.807, 2.05) is 0 Å². The summed E-state index contributed by atoms with van der Waals surface area (Å²) in [6.45, 7) is 5.60. The summed E-state index contributed by atoms with van der Waals surface area (Å²) in [7, 11) is 0. The van der Waals surface area contributed by atoms with Crippen LogP contribution in [0.4, 0.5) is 0 Å². The van der Waals surface area contributed by atoms with Gasteiger partial charge in [-0.05, 0) is 80.2 Å². The van der Waals surface area contributed by atoms with Crippen molar-refractivity contribution in [1.29, 1.82) is 0 Å². The lowest BCUT2D eigenvalue weighted by Gasteiger charge is -2.30. The van der Waals surface area contributed by atoms with Crippen LogP contribution in [-0.2, 0) is 11.2 Å². The van der Waals surface area contributed by atoms with Gasteiger partial charge in [0, 0.05) is 6.61 Å². The van der Waals surface area contributed by atoms with Crippen molar-refractivity contribution in [3.8, 4) is 0 Å². The van der Waals surface area contributed by atoms with E-state index in [1.54, 1.807) is 5.56 Å². The lowest BCUT2D eigenvalue weighted by molar-refractivity contribution is 0.0204. The molecule has 2 fully saturated rings. The Morgan fingerprint density at radius 3 is 1.88 bits per heavy atom. The third kappa shape index (κ3) is 9.20. The minimum atomic E-state index is 0.522. The molecule has 2 aliphatic rings. The van der Waals surface area contributed by atoms with Crippen molar-refractivity contribution in [2.75, 3.05) is 6.61 Å². The molecule has 0 amide bonds. The summed E-state index contributed by atoms with van der Waals surface area (Å²) in [6, 6.07) is 9.58. The highest BCUT2D eigenvalue weighted by Gasteiger charge is 2.23. The van der Waals surface area contributed by atoms with Gasteiger partial charge in [-0.25, -0.2) is 0 Å². The van der Waals surface area contributed by atoms with Crippen LogP contribution in [0.25, 0.3) is 0 Å². The Kier molecular flexibility index (Phi) is 12.2. The topological polar surface area (TPSA) is 9.23 Å². The molecule has 182 valence electrons. The van der Waals surface area contributed by atoms with Crippen LogP contribution >= 0.6 is 0 Å². The van der Waals surface area contributed by atoms with Gasteiger partial charge >= 0.3 is 0 Å². The van der Waals surface area contributed by atoms with Crippen molar-refractivity contribution < 1.29 is 4.74 Å². The largest absolute Gasteiger partial charge is 0.378 e. The monoisotopic (exact) mass is 440 g/mol. The van der Waals surface area contributed by atoms with Crippen molar-refractivity contribution in [1.82, 2.24) is 0 Å². The Bertz CT molecular complexity index is 575. The van der Waals surface area contributed by atoms with Gasteiger partial charge in [-0.15, -0.1) is 0 Å². The Balaban J connectivity index is 1.23. The standard InChI is InChI=1S/C31H52O/c1-3-5-7-10-26-13-15-28(16-14-26)12-9-25-32-31-23-21-30(22-24-31)29-19-17-27(18-20-29)11-8-6-4-2/h17-20,26,28,30-31H,3-16,21-25H2,1-2H3/t26-,28-,30-,31-. The molecule has 0 aromatic heterocycles. The van der Waals surface area contributed by atoms with E-state index >= 15 is 0 Å². The van der Waals surface area contributed by atoms with Crippen molar-refractivity contribution in [3.63, 3.8) is 0 Å². The first-order valence-electron chi connectivity index (χ1n) is 14.5. The molecule has 0 N–H and O–H groups in total. The van der Waals surface area contributed by atoms with Crippen molar-refractivity contribution in [3.05, 3.63) is 35.4 Å². The average Bonchev–Trinajstić information content (AvgIpc) is 2.84. The summed E-state index contributed by atoms with van der Waals surface area (Å²) in [4.78, 5) is 0. The molecule has 32 heavy (non-hydrogen) atoms. The van der Waals surface area contributed by atoms with Gasteiger partial charge in [0.1, 0.15) is 0 Å². The fraction of sp³-hybridized carbons (Fsp3) is 0.806. The minimum absolute atomic E-state index is 0.522. The van der Waals surface area contributed by atoms with Crippen LogP contribution in [0, 0.1) is 11.8 Å². The zero-order chi connectivity index (χ0) is 22.4. The second kappa shape index (κ2) is 15.2. The summed E-state index contributed by atoms with van der Waals surface area (Å²) in [6.07, 6.45) is 25.3. The second-order valence-electron chi connectivity index (χ2n) is 11.1. The zero-order valence-electron chi connectivity index (χ0n) is 21.5. The highest BCUT2D eigenvalue weighted by atomic mass is 16.5. The minimum Gasteiger partial charge on any atom is -0.378 e. The number of rotatable bonds is 14. The predicted molar refractivity (Wildman–Crippen MR) is 139 cm³/mol. The van der Waals surface area contributed by atoms with Crippen LogP contribution < -0.4 is 0 Å². The van der Waals surface area contributed by atoms with E-state index in [0.29, 0.717) is 6.10 Å². The molecular formula is C31H52O. The van der Waals surface area contributed by atoms with Gasteiger partial charge in [-0.1, -0.05) is 102 Å². The summed E-state index contributed by atoms with van der Waals surface area (Å²) in [5.41, 5.74) is 3.08. The maximum Gasteiger partial charge on any atom is 0.0575 e. The molecule has 1 aromatic carbocycles. The quantitative estimate of drug-likeness (QED) is 0.262. The molecule has 1 aromatic rings. The van der Waals surface area contributed by atoms with E-state index < -0.39 is 0 Å². The lowest BCUT2D eigenvalue weighted by Crippen LogP contribution is -2.21. The van der Waals surface area contributed by atoms with E-state index in [2.05, 4.69) is 38.1 Å². The Morgan fingerprint density at radius 1 is 0.656 bits per heavy atom. The Morgan fingerprint density at radius 2 is 1.25 bits per heavy atom. The molecule has 2 aliphatic carbocycles. The van der Waals surface area contributed by atoms with E-state index in [0.717, 1.165) is 24.4 Å². The van der Waals surface area contributed by atoms with Gasteiger partial charge in [0.05, 0.1) is 6.10 Å². The third-order valence-electron chi connectivity index (χ3n) is 8.49. The number of hydrogen-bond acceptors (Lipinski definition) is 1. The van der Waals surface area contributed by atoms with E-state index in [4.69, 9.17) is 4.74 Å². The van der Waals surface area contributed by atoms with E-state index in [9.17, 15) is 0 Å². The molecular weight excluding hydrogens is 388 g/mol. The molecule has 1 nitrogen and oxygen atoms in total. The molecule has 0 heterocycles. The normalized spacial score (nSPS) is 26.3. The molecule has 0 atom stereocenters. The Hall–Kier alpha value is -0.820. The number of aryl methyl sites for hydroxylation is 1. The average molecular weight is 441 g/mol. The molecule has 3 rings (SSSR count). The van der Waals surface area contributed by atoms with Gasteiger partial charge in [0.15, 0.2) is 0 Å². The summed E-state index contributed by atoms with van der Waals surface area (Å²) >= 11 is 0. The molecule has 0 aliphatic heterocycles. The van der Waals surface area contributed by atoms with Crippen molar-refractivity contribution in [2.24, 2.45) is 11.8 Å². The molecule has 0 saturated heterocycles. The maximum atomic E-state index is 6.32. The smallest absolute Gasteiger partial charge is 0.0575 e. The van der Waals surface area contributed by atoms with Crippen molar-refractivity contribution >= 4 is 0 Å². The van der Waals surface area contributed by atoms with Gasteiger partial charge < -0.3 is 4.74 Å². The predicted octanol–water partition coefficient (Wildman–Crippen LogP) is 9.63. The highest BCUT2D eigenvalue weighted by molar-refractivity contribution is 5.26. The van der Waals surface area contributed by atoms with Crippen LogP contribution in [0.2, 0.25) is 0 Å². The first-order valence-corrected chi connectivity index (χ1v) is 14.5. The highest BCUT2D eigenvalue weighted by Crippen LogP contribution is 2.36. The fourth-order valence-electron chi connectivity index (χ4n) is 6.21. The van der Waals surface area contributed by atoms with Gasteiger partial charge in [0.25, 0.3) is 0 Å². The summed E-state index contributed by atoms with van der Waals surface area (Å²) in [5, 5.41) is 0. The molecule has 0 unspecified atom stereocenters. The fourth-order valence-corrected chi connectivity index (χ4v) is 6.21. The van der Waals surface area contributed by atoms with Gasteiger partial charge in [-0.3, -0.25) is 0 Å². The van der Waals surface area contributed by atoms with Crippen LogP contribution in [0.15, 0.2) is 24.3 Å². The van der Waals surface area contributed by atoms with Crippen LogP contribution in [0.5, 0.6) is 0 Å². The number of ether oxygens (including phenoxy) is 1. The Labute approximate surface area is 200 Å². The van der Waals surface area contributed by atoms with Crippen LogP contribution in [-0.4, -0.2) is 12.7 Å². The molecule has 0 spiro atoms. The number of unbranched alkanes of at least 4 members (excludes halogenated alkanes) is 4. The zero-order valence-corrected chi connectivity index (χ0v) is 21.5. The summed E-state index contributed by atoms with van der Waals surface area (Å²) < 4.78 is 6.32. The van der Waals surface area contributed by atoms with Crippen molar-refractivity contribution in [2.45, 2.75) is 141 Å². The lowest BCUT2D eigenvalue weighted by atomic mass is 9.78. The van der Waals surface area contributed by atoms with E-state index in [-0.39, 0.29) is 0 Å². The molecule has 0 radical (unpaired) electrons. The SMILES string of the molecule is CCCCCc1ccc([C@H]2CC[C@H](OCCC[C@H]3CC[C@H](CCCCC)CC3)CC2)cc1. The maximum absolute atomic E-state index is 6.32. The van der Waals surface area contributed by atoms with Crippen LogP contribution in [0.3, 0.4) is 0 Å². The van der Waals surface area contributed by atoms with Gasteiger partial charge in [0.2, 0.25) is 0 Å². The van der Waals surface area contributed by atoms with Crippen LogP contribution in [0.1, 0.15) is 140 Å². The third-order valence-corrected chi connectivity index (χ3v) is 8.49. The number of benzene rings is 1. The number of hydrogen-bond donors (Lipinski definition) is 0. The van der Waals surface area contributed by atoms with E-state index in [1.165, 1.54) is 121 Å². The first-order chi connectivity index (χ1) is 15.8. The van der Waals surface area contributed by atoms with Gasteiger partial charge in [-0.2, -0.15) is 0 Å². The molecule has 2 saturated carbocycles.